The summed E-state index contributed by atoms with van der Waals surface area (Å²) in [6.45, 7) is 2.81. The zero-order valence-corrected chi connectivity index (χ0v) is 13.7. The maximum atomic E-state index is 12.9. The Hall–Kier alpha value is -2.10. The highest BCUT2D eigenvalue weighted by Gasteiger charge is 2.30. The molecule has 1 aromatic carbocycles. The number of hydrogen-bond acceptors (Lipinski definition) is 3. The number of carbonyl (C=O) groups excluding carboxylic acids is 1. The van der Waals surface area contributed by atoms with Crippen LogP contribution in [-0.4, -0.2) is 28.4 Å². The van der Waals surface area contributed by atoms with Crippen LogP contribution in [0.25, 0.3) is 0 Å². The van der Waals surface area contributed by atoms with Crippen LogP contribution in [0.1, 0.15) is 54.4 Å². The van der Waals surface area contributed by atoms with E-state index in [-0.39, 0.29) is 5.91 Å². The molecular formula is C19H24N2O2. The quantitative estimate of drug-likeness (QED) is 0.842. The van der Waals surface area contributed by atoms with Gasteiger partial charge in [-0.05, 0) is 37.7 Å². The van der Waals surface area contributed by atoms with Crippen molar-refractivity contribution < 1.29 is 9.21 Å². The molecule has 0 spiro atoms. The van der Waals surface area contributed by atoms with E-state index in [0.717, 1.165) is 32.2 Å². The fourth-order valence-corrected chi connectivity index (χ4v) is 3.38. The standard InChI is InChI=1S/C19H24N2O2/c1-2-17-18(20-14-23-17)19(22)21-13-7-6-10-16(21)12-11-15-8-4-3-5-9-15/h3-5,8-9,14,16H,2,6-7,10-13H2,1H3/t16-/m0/s1. The van der Waals surface area contributed by atoms with Crippen molar-refractivity contribution in [2.45, 2.75) is 51.5 Å². The summed E-state index contributed by atoms with van der Waals surface area (Å²) < 4.78 is 5.33. The molecule has 0 bridgehead atoms. The Morgan fingerprint density at radius 1 is 1.30 bits per heavy atom. The van der Waals surface area contributed by atoms with Crippen LogP contribution in [-0.2, 0) is 12.8 Å². The van der Waals surface area contributed by atoms with E-state index < -0.39 is 0 Å². The van der Waals surface area contributed by atoms with E-state index in [1.165, 1.54) is 18.4 Å². The summed E-state index contributed by atoms with van der Waals surface area (Å²) in [5.74, 6) is 0.732. The van der Waals surface area contributed by atoms with Gasteiger partial charge in [0, 0.05) is 19.0 Å². The maximum absolute atomic E-state index is 12.9. The predicted molar refractivity (Wildman–Crippen MR) is 89.3 cm³/mol. The third-order valence-electron chi connectivity index (χ3n) is 4.66. The molecule has 1 aromatic heterocycles. The van der Waals surface area contributed by atoms with Crippen LogP contribution in [0.5, 0.6) is 0 Å². The molecule has 0 unspecified atom stereocenters. The van der Waals surface area contributed by atoms with Crippen molar-refractivity contribution in [1.82, 2.24) is 9.88 Å². The second kappa shape index (κ2) is 7.44. The number of aromatic nitrogens is 1. The number of rotatable bonds is 5. The van der Waals surface area contributed by atoms with E-state index in [1.54, 1.807) is 0 Å². The van der Waals surface area contributed by atoms with Gasteiger partial charge in [-0.15, -0.1) is 0 Å². The van der Waals surface area contributed by atoms with Crippen LogP contribution in [0.4, 0.5) is 0 Å². The molecule has 1 amide bonds. The lowest BCUT2D eigenvalue weighted by Crippen LogP contribution is -2.44. The monoisotopic (exact) mass is 312 g/mol. The van der Waals surface area contributed by atoms with Gasteiger partial charge in [-0.3, -0.25) is 4.79 Å². The van der Waals surface area contributed by atoms with Crippen molar-refractivity contribution in [3.8, 4) is 0 Å². The highest BCUT2D eigenvalue weighted by molar-refractivity contribution is 5.93. The summed E-state index contributed by atoms with van der Waals surface area (Å²) in [6, 6.07) is 10.8. The highest BCUT2D eigenvalue weighted by Crippen LogP contribution is 2.24. The van der Waals surface area contributed by atoms with Crippen molar-refractivity contribution in [1.29, 1.82) is 0 Å². The first-order valence-corrected chi connectivity index (χ1v) is 8.57. The summed E-state index contributed by atoms with van der Waals surface area (Å²) >= 11 is 0. The molecule has 0 aliphatic carbocycles. The smallest absolute Gasteiger partial charge is 0.276 e. The Balaban J connectivity index is 1.70. The summed E-state index contributed by atoms with van der Waals surface area (Å²) in [6.07, 6.45) is 7.45. The van der Waals surface area contributed by atoms with Crippen LogP contribution in [0.15, 0.2) is 41.1 Å². The Kier molecular flexibility index (Phi) is 5.11. The van der Waals surface area contributed by atoms with Gasteiger partial charge >= 0.3 is 0 Å². The number of aryl methyl sites for hydroxylation is 2. The van der Waals surface area contributed by atoms with Gasteiger partial charge in [0.25, 0.3) is 5.91 Å². The van der Waals surface area contributed by atoms with Gasteiger partial charge in [-0.1, -0.05) is 37.3 Å². The molecule has 1 aliphatic heterocycles. The average molecular weight is 312 g/mol. The highest BCUT2D eigenvalue weighted by atomic mass is 16.3. The second-order valence-electron chi connectivity index (χ2n) is 6.15. The Morgan fingerprint density at radius 3 is 2.91 bits per heavy atom. The first kappa shape index (κ1) is 15.8. The van der Waals surface area contributed by atoms with Gasteiger partial charge in [-0.25, -0.2) is 4.98 Å². The largest absolute Gasteiger partial charge is 0.448 e. The SMILES string of the molecule is CCc1ocnc1C(=O)N1CCCC[C@H]1CCc1ccccc1. The number of hydrogen-bond donors (Lipinski definition) is 0. The zero-order valence-electron chi connectivity index (χ0n) is 13.7. The van der Waals surface area contributed by atoms with Gasteiger partial charge in [0.05, 0.1) is 0 Å². The first-order valence-electron chi connectivity index (χ1n) is 8.57. The fourth-order valence-electron chi connectivity index (χ4n) is 3.38. The topological polar surface area (TPSA) is 46.3 Å². The van der Waals surface area contributed by atoms with Crippen LogP contribution >= 0.6 is 0 Å². The lowest BCUT2D eigenvalue weighted by atomic mass is 9.95. The van der Waals surface area contributed by atoms with Crippen LogP contribution in [0, 0.1) is 0 Å². The van der Waals surface area contributed by atoms with Gasteiger partial charge in [0.1, 0.15) is 5.76 Å². The summed E-state index contributed by atoms with van der Waals surface area (Å²) in [5.41, 5.74) is 1.83. The Labute approximate surface area is 137 Å². The summed E-state index contributed by atoms with van der Waals surface area (Å²) in [7, 11) is 0. The van der Waals surface area contributed by atoms with E-state index in [0.29, 0.717) is 23.9 Å². The molecule has 1 saturated heterocycles. The van der Waals surface area contributed by atoms with E-state index in [9.17, 15) is 4.79 Å². The molecule has 0 N–H and O–H groups in total. The number of amides is 1. The van der Waals surface area contributed by atoms with E-state index in [1.807, 2.05) is 17.9 Å². The van der Waals surface area contributed by atoms with Crippen molar-refractivity contribution in [3.05, 3.63) is 53.7 Å². The van der Waals surface area contributed by atoms with E-state index >= 15 is 0 Å². The van der Waals surface area contributed by atoms with Gasteiger partial charge in [-0.2, -0.15) is 0 Å². The molecule has 1 atom stereocenters. The minimum atomic E-state index is 0.0355. The number of piperidine rings is 1. The predicted octanol–water partition coefficient (Wildman–Crippen LogP) is 3.86. The lowest BCUT2D eigenvalue weighted by molar-refractivity contribution is 0.0594. The third kappa shape index (κ3) is 3.63. The van der Waals surface area contributed by atoms with Crippen LogP contribution < -0.4 is 0 Å². The molecule has 1 aliphatic rings. The third-order valence-corrected chi connectivity index (χ3v) is 4.66. The van der Waals surface area contributed by atoms with Crippen molar-refractivity contribution in [2.75, 3.05) is 6.54 Å². The van der Waals surface area contributed by atoms with E-state index in [4.69, 9.17) is 4.42 Å². The lowest BCUT2D eigenvalue weighted by Gasteiger charge is -2.35. The minimum absolute atomic E-state index is 0.0355. The maximum Gasteiger partial charge on any atom is 0.276 e. The summed E-state index contributed by atoms with van der Waals surface area (Å²) in [5, 5.41) is 0. The molecule has 2 heterocycles. The summed E-state index contributed by atoms with van der Waals surface area (Å²) in [4.78, 5) is 19.0. The minimum Gasteiger partial charge on any atom is -0.448 e. The van der Waals surface area contributed by atoms with Gasteiger partial charge in [0.2, 0.25) is 0 Å². The zero-order chi connectivity index (χ0) is 16.1. The van der Waals surface area contributed by atoms with Crippen LogP contribution in [0.3, 0.4) is 0 Å². The van der Waals surface area contributed by atoms with Gasteiger partial charge < -0.3 is 9.32 Å². The van der Waals surface area contributed by atoms with Crippen LogP contribution in [0.2, 0.25) is 0 Å². The average Bonchev–Trinajstić information content (AvgIpc) is 3.09. The molecule has 1 fully saturated rings. The van der Waals surface area contributed by atoms with Crippen molar-refractivity contribution in [3.63, 3.8) is 0 Å². The molecular weight excluding hydrogens is 288 g/mol. The number of benzene rings is 1. The van der Waals surface area contributed by atoms with Gasteiger partial charge in [0.15, 0.2) is 12.1 Å². The van der Waals surface area contributed by atoms with E-state index in [2.05, 4.69) is 29.2 Å². The molecule has 0 radical (unpaired) electrons. The molecule has 4 nitrogen and oxygen atoms in total. The van der Waals surface area contributed by atoms with Crippen molar-refractivity contribution in [2.24, 2.45) is 0 Å². The number of likely N-dealkylation sites (tertiary alicyclic amines) is 1. The number of oxazole rings is 1. The molecule has 2 aromatic rings. The molecule has 4 heteroatoms. The number of carbonyl (C=O) groups is 1. The fraction of sp³-hybridized carbons (Fsp3) is 0.474. The Morgan fingerprint density at radius 2 is 2.13 bits per heavy atom. The Bertz CT molecular complexity index is 636. The second-order valence-corrected chi connectivity index (χ2v) is 6.15. The number of nitrogens with zero attached hydrogens (tertiary/aromatic N) is 2. The first-order chi connectivity index (χ1) is 11.3. The molecule has 0 saturated carbocycles. The van der Waals surface area contributed by atoms with Crippen molar-refractivity contribution >= 4 is 5.91 Å². The normalized spacial score (nSPS) is 18.1. The molecule has 3 rings (SSSR count). The molecule has 122 valence electrons. The molecule has 23 heavy (non-hydrogen) atoms.